The van der Waals surface area contributed by atoms with Crippen LogP contribution in [0.3, 0.4) is 0 Å². The van der Waals surface area contributed by atoms with E-state index in [4.69, 9.17) is 35.3 Å². The highest BCUT2D eigenvalue weighted by atomic mass is 35.5. The first-order valence-corrected chi connectivity index (χ1v) is 7.79. The predicted molar refractivity (Wildman–Crippen MR) is 81.9 cm³/mol. The topological polar surface area (TPSA) is 101 Å². The number of rotatable bonds is 5. The van der Waals surface area contributed by atoms with Crippen LogP contribution in [0.4, 0.5) is 0 Å². The Bertz CT molecular complexity index is 716. The monoisotopic (exact) mass is 362 g/mol. The normalized spacial score (nSPS) is 31.3. The molecule has 0 aromatic carbocycles. The van der Waals surface area contributed by atoms with Crippen LogP contribution in [-0.4, -0.2) is 54.2 Å². The fourth-order valence-corrected chi connectivity index (χ4v) is 3.23. The summed E-state index contributed by atoms with van der Waals surface area (Å²) >= 11 is 6.07. The molecular formula is C14H19ClN2O7. The quantitative estimate of drug-likeness (QED) is 0.454. The fourth-order valence-electron chi connectivity index (χ4n) is 2.96. The molecule has 4 atom stereocenters. The molecule has 0 radical (unpaired) electrons. The Balaban J connectivity index is 1.91. The van der Waals surface area contributed by atoms with Crippen molar-refractivity contribution in [1.82, 2.24) is 9.55 Å². The minimum Gasteiger partial charge on any atom is -0.359 e. The fraction of sp³-hybridized carbons (Fsp3) is 0.714. The number of H-pyrrole nitrogens is 1. The van der Waals surface area contributed by atoms with Crippen molar-refractivity contribution in [3.05, 3.63) is 32.1 Å². The second-order valence-corrected chi connectivity index (χ2v) is 6.43. The van der Waals surface area contributed by atoms with Crippen LogP contribution in [-0.2, 0) is 23.7 Å². The van der Waals surface area contributed by atoms with Crippen molar-refractivity contribution in [1.29, 1.82) is 0 Å². The van der Waals surface area contributed by atoms with E-state index in [-0.39, 0.29) is 18.6 Å². The summed E-state index contributed by atoms with van der Waals surface area (Å²) in [7, 11) is 1.51. The molecule has 2 fully saturated rings. The maximum atomic E-state index is 12.2. The predicted octanol–water partition coefficient (Wildman–Crippen LogP) is 0.228. The molecule has 2 aliphatic rings. The maximum Gasteiger partial charge on any atom is 0.331 e. The van der Waals surface area contributed by atoms with Crippen LogP contribution in [0, 0.1) is 0 Å². The zero-order valence-electron chi connectivity index (χ0n) is 13.5. The summed E-state index contributed by atoms with van der Waals surface area (Å²) in [6.07, 6.45) is -2.34. The minimum absolute atomic E-state index is 0.0423. The first-order valence-electron chi connectivity index (χ1n) is 7.41. The molecule has 0 aliphatic carbocycles. The van der Waals surface area contributed by atoms with Gasteiger partial charge in [-0.2, -0.15) is 0 Å². The van der Waals surface area contributed by atoms with Crippen LogP contribution in [0.15, 0.2) is 15.7 Å². The average Bonchev–Trinajstić information content (AvgIpc) is 2.93. The number of aromatic amines is 1. The van der Waals surface area contributed by atoms with Crippen molar-refractivity contribution < 1.29 is 23.7 Å². The van der Waals surface area contributed by atoms with E-state index >= 15 is 0 Å². The lowest BCUT2D eigenvalue weighted by molar-refractivity contribution is -0.205. The van der Waals surface area contributed by atoms with Gasteiger partial charge in [-0.1, -0.05) is 11.6 Å². The molecule has 0 bridgehead atoms. The van der Waals surface area contributed by atoms with E-state index in [9.17, 15) is 9.59 Å². The largest absolute Gasteiger partial charge is 0.359 e. The third kappa shape index (κ3) is 3.28. The van der Waals surface area contributed by atoms with E-state index < -0.39 is 41.6 Å². The van der Waals surface area contributed by atoms with Crippen LogP contribution in [0.2, 0.25) is 5.15 Å². The Morgan fingerprint density at radius 1 is 1.33 bits per heavy atom. The summed E-state index contributed by atoms with van der Waals surface area (Å²) in [6, 6.07) is 1.11. The SMILES string of the molecule is COCOC[C@H]1O[C@@H](n2c(Cl)cc(=O)[nH]c2=O)[C@@H]2OC(C)(C)O[C@@H]21. The number of hydrogen-bond acceptors (Lipinski definition) is 7. The van der Waals surface area contributed by atoms with Crippen molar-refractivity contribution in [3.8, 4) is 0 Å². The van der Waals surface area contributed by atoms with Crippen LogP contribution in [0.1, 0.15) is 20.1 Å². The molecule has 1 aromatic rings. The van der Waals surface area contributed by atoms with Crippen LogP contribution < -0.4 is 11.2 Å². The van der Waals surface area contributed by atoms with Gasteiger partial charge in [-0.25, -0.2) is 4.79 Å². The molecule has 3 heterocycles. The minimum atomic E-state index is -0.843. The Labute approximate surface area is 142 Å². The summed E-state index contributed by atoms with van der Waals surface area (Å²) in [5.74, 6) is -0.838. The van der Waals surface area contributed by atoms with Gasteiger partial charge in [-0.05, 0) is 13.8 Å². The maximum absolute atomic E-state index is 12.2. The lowest BCUT2D eigenvalue weighted by atomic mass is 10.1. The first kappa shape index (κ1) is 17.6. The number of hydrogen-bond donors (Lipinski definition) is 1. The van der Waals surface area contributed by atoms with E-state index in [0.717, 1.165) is 10.6 Å². The van der Waals surface area contributed by atoms with Gasteiger partial charge in [0.1, 0.15) is 30.3 Å². The summed E-state index contributed by atoms with van der Waals surface area (Å²) in [6.45, 7) is 3.84. The highest BCUT2D eigenvalue weighted by molar-refractivity contribution is 6.29. The zero-order valence-corrected chi connectivity index (χ0v) is 14.2. The van der Waals surface area contributed by atoms with Gasteiger partial charge in [0.05, 0.1) is 6.61 Å². The van der Waals surface area contributed by atoms with Gasteiger partial charge >= 0.3 is 5.69 Å². The number of ether oxygens (including phenoxy) is 5. The molecule has 1 aromatic heterocycles. The molecule has 3 rings (SSSR count). The van der Waals surface area contributed by atoms with Gasteiger partial charge in [0.2, 0.25) is 0 Å². The number of nitrogens with zero attached hydrogens (tertiary/aromatic N) is 1. The van der Waals surface area contributed by atoms with Gasteiger partial charge < -0.3 is 23.7 Å². The summed E-state index contributed by atoms with van der Waals surface area (Å²) in [5, 5.41) is -0.0423. The van der Waals surface area contributed by atoms with Crippen molar-refractivity contribution in [2.24, 2.45) is 0 Å². The Morgan fingerprint density at radius 3 is 2.71 bits per heavy atom. The summed E-state index contributed by atoms with van der Waals surface area (Å²) in [5.41, 5.74) is -1.26. The van der Waals surface area contributed by atoms with E-state index in [2.05, 4.69) is 4.98 Å². The average molecular weight is 363 g/mol. The van der Waals surface area contributed by atoms with E-state index in [0.29, 0.717) is 0 Å². The van der Waals surface area contributed by atoms with Crippen molar-refractivity contribution in [2.45, 2.75) is 44.2 Å². The van der Waals surface area contributed by atoms with Crippen molar-refractivity contribution in [3.63, 3.8) is 0 Å². The van der Waals surface area contributed by atoms with Crippen molar-refractivity contribution >= 4 is 11.6 Å². The molecule has 24 heavy (non-hydrogen) atoms. The molecule has 0 amide bonds. The van der Waals surface area contributed by atoms with Gasteiger partial charge in [0, 0.05) is 13.2 Å². The lowest BCUT2D eigenvalue weighted by Crippen LogP contribution is -2.38. The standard InChI is InChI=1S/C14H19ClN2O7/c1-14(2)23-10-7(5-21-6-20-3)22-12(11(10)24-14)17-8(15)4-9(18)16-13(17)19/h4,7,10-12H,5-6H2,1-3H3,(H,16,18,19)/t7-,10-,11-,12-/m1/s1. The van der Waals surface area contributed by atoms with Gasteiger partial charge in [-0.15, -0.1) is 0 Å². The van der Waals surface area contributed by atoms with Crippen LogP contribution >= 0.6 is 11.6 Å². The van der Waals surface area contributed by atoms with E-state index in [1.807, 2.05) is 0 Å². The Kier molecular flexibility index (Phi) is 4.82. The molecule has 2 saturated heterocycles. The molecule has 0 unspecified atom stereocenters. The first-order chi connectivity index (χ1) is 11.3. The number of halogens is 1. The number of nitrogens with one attached hydrogen (secondary N) is 1. The van der Waals surface area contributed by atoms with Crippen LogP contribution in [0.25, 0.3) is 0 Å². The number of fused-ring (bicyclic) bond motifs is 1. The highest BCUT2D eigenvalue weighted by Gasteiger charge is 2.56. The van der Waals surface area contributed by atoms with Crippen molar-refractivity contribution in [2.75, 3.05) is 20.5 Å². The number of aromatic nitrogens is 2. The highest BCUT2D eigenvalue weighted by Crippen LogP contribution is 2.43. The van der Waals surface area contributed by atoms with Crippen LogP contribution in [0.5, 0.6) is 0 Å². The van der Waals surface area contributed by atoms with Gasteiger partial charge in [0.25, 0.3) is 5.56 Å². The molecule has 0 saturated carbocycles. The lowest BCUT2D eigenvalue weighted by Gasteiger charge is -2.25. The molecule has 1 N–H and O–H groups in total. The molecule has 2 aliphatic heterocycles. The van der Waals surface area contributed by atoms with E-state index in [1.165, 1.54) is 7.11 Å². The second-order valence-electron chi connectivity index (χ2n) is 6.04. The number of methoxy groups -OCH3 is 1. The molecule has 0 spiro atoms. The smallest absolute Gasteiger partial charge is 0.331 e. The molecular weight excluding hydrogens is 344 g/mol. The van der Waals surface area contributed by atoms with E-state index in [1.54, 1.807) is 13.8 Å². The summed E-state index contributed by atoms with van der Waals surface area (Å²) < 4.78 is 29.0. The third-order valence-corrected chi connectivity index (χ3v) is 4.08. The Hall–Kier alpha value is -1.23. The molecule has 10 heteroatoms. The molecule has 9 nitrogen and oxygen atoms in total. The van der Waals surface area contributed by atoms with Gasteiger partial charge in [0.15, 0.2) is 12.0 Å². The molecule has 134 valence electrons. The third-order valence-electron chi connectivity index (χ3n) is 3.79. The van der Waals surface area contributed by atoms with Gasteiger partial charge in [-0.3, -0.25) is 14.3 Å². The second kappa shape index (κ2) is 6.58. The zero-order chi connectivity index (χ0) is 17.5. The Morgan fingerprint density at radius 2 is 2.04 bits per heavy atom. The summed E-state index contributed by atoms with van der Waals surface area (Å²) in [4.78, 5) is 25.7.